The van der Waals surface area contributed by atoms with Gasteiger partial charge in [-0.05, 0) is 24.3 Å². The van der Waals surface area contributed by atoms with Crippen molar-refractivity contribution in [2.24, 2.45) is 5.41 Å². The molecule has 0 saturated heterocycles. The number of hydrogen-bond acceptors (Lipinski definition) is 4. The van der Waals surface area contributed by atoms with Crippen molar-refractivity contribution in [3.05, 3.63) is 33.9 Å². The predicted molar refractivity (Wildman–Crippen MR) is 68.3 cm³/mol. The minimum atomic E-state index is -0.488. The molecule has 1 N–H and O–H groups in total. The molecule has 1 aliphatic carbocycles. The van der Waals surface area contributed by atoms with Crippen LogP contribution in [0.4, 0.5) is 11.4 Å². The van der Waals surface area contributed by atoms with Crippen molar-refractivity contribution in [1.82, 2.24) is 0 Å². The zero-order valence-corrected chi connectivity index (χ0v) is 10.3. The van der Waals surface area contributed by atoms with Gasteiger partial charge in [-0.15, -0.1) is 0 Å². The van der Waals surface area contributed by atoms with E-state index in [-0.39, 0.29) is 5.69 Å². The van der Waals surface area contributed by atoms with Gasteiger partial charge in [-0.3, -0.25) is 10.1 Å². The van der Waals surface area contributed by atoms with Crippen LogP contribution < -0.4 is 5.32 Å². The molecule has 0 unspecified atom stereocenters. The number of nitrogens with one attached hydrogen (secondary N) is 1. The van der Waals surface area contributed by atoms with E-state index in [2.05, 4.69) is 12.2 Å². The van der Waals surface area contributed by atoms with Gasteiger partial charge in [-0.1, -0.05) is 13.3 Å². The van der Waals surface area contributed by atoms with E-state index in [9.17, 15) is 10.1 Å². The lowest BCUT2D eigenvalue weighted by atomic mass is 9.70. The normalized spacial score (nSPS) is 16.4. The van der Waals surface area contributed by atoms with Crippen molar-refractivity contribution in [3.63, 3.8) is 0 Å². The molecule has 0 aromatic heterocycles. The van der Waals surface area contributed by atoms with Gasteiger partial charge < -0.3 is 5.32 Å². The maximum absolute atomic E-state index is 10.6. The fourth-order valence-electron chi connectivity index (χ4n) is 2.16. The quantitative estimate of drug-likeness (QED) is 0.653. The van der Waals surface area contributed by atoms with Crippen LogP contribution in [0, 0.1) is 26.9 Å². The number of benzene rings is 1. The molecular formula is C13H15N3O2. The Labute approximate surface area is 106 Å². The van der Waals surface area contributed by atoms with Gasteiger partial charge >= 0.3 is 0 Å². The number of nitrogens with zero attached hydrogens (tertiary/aromatic N) is 2. The molecule has 0 heterocycles. The number of anilines is 1. The molecule has 0 amide bonds. The van der Waals surface area contributed by atoms with Crippen molar-refractivity contribution in [2.75, 3.05) is 11.9 Å². The highest BCUT2D eigenvalue weighted by Gasteiger charge is 2.31. The minimum absolute atomic E-state index is 0.0491. The van der Waals surface area contributed by atoms with E-state index in [0.29, 0.717) is 16.7 Å². The molecule has 1 saturated carbocycles. The summed E-state index contributed by atoms with van der Waals surface area (Å²) in [6, 6.07) is 6.34. The van der Waals surface area contributed by atoms with Crippen LogP contribution in [0.2, 0.25) is 0 Å². The second kappa shape index (κ2) is 4.65. The SMILES string of the molecule is CC1(CNc2ccc([N+](=O)[O-])cc2C#N)CCC1. The molecule has 1 fully saturated rings. The van der Waals surface area contributed by atoms with Gasteiger partial charge in [0, 0.05) is 18.7 Å². The summed E-state index contributed by atoms with van der Waals surface area (Å²) in [5, 5.41) is 22.9. The molecule has 1 aromatic carbocycles. The number of nitro groups is 1. The van der Waals surface area contributed by atoms with Crippen LogP contribution in [0.1, 0.15) is 31.7 Å². The molecule has 0 bridgehead atoms. The topological polar surface area (TPSA) is 79.0 Å². The summed E-state index contributed by atoms with van der Waals surface area (Å²) >= 11 is 0. The molecule has 94 valence electrons. The van der Waals surface area contributed by atoms with Gasteiger partial charge in [-0.2, -0.15) is 5.26 Å². The van der Waals surface area contributed by atoms with Gasteiger partial charge in [0.1, 0.15) is 6.07 Å². The first-order chi connectivity index (χ1) is 8.54. The lowest BCUT2D eigenvalue weighted by Gasteiger charge is -2.38. The van der Waals surface area contributed by atoms with E-state index in [1.807, 2.05) is 6.07 Å². The van der Waals surface area contributed by atoms with Gasteiger partial charge in [0.15, 0.2) is 0 Å². The Morgan fingerprint density at radius 3 is 2.78 bits per heavy atom. The van der Waals surface area contributed by atoms with Gasteiger partial charge in [0.05, 0.1) is 16.2 Å². The van der Waals surface area contributed by atoms with Crippen molar-refractivity contribution in [1.29, 1.82) is 5.26 Å². The Morgan fingerprint density at radius 1 is 1.56 bits per heavy atom. The van der Waals surface area contributed by atoms with Crippen LogP contribution in [0.25, 0.3) is 0 Å². The Balaban J connectivity index is 2.13. The third-order valence-corrected chi connectivity index (χ3v) is 3.60. The van der Waals surface area contributed by atoms with Crippen molar-refractivity contribution in [3.8, 4) is 6.07 Å². The van der Waals surface area contributed by atoms with E-state index in [1.165, 1.54) is 31.4 Å². The Bertz CT molecular complexity index is 515. The molecule has 0 spiro atoms. The van der Waals surface area contributed by atoms with E-state index in [1.54, 1.807) is 6.07 Å². The summed E-state index contributed by atoms with van der Waals surface area (Å²) < 4.78 is 0. The summed E-state index contributed by atoms with van der Waals surface area (Å²) in [5.74, 6) is 0. The first-order valence-electron chi connectivity index (χ1n) is 5.96. The average molecular weight is 245 g/mol. The Morgan fingerprint density at radius 2 is 2.28 bits per heavy atom. The fourth-order valence-corrected chi connectivity index (χ4v) is 2.16. The number of nitriles is 1. The Hall–Kier alpha value is -2.09. The van der Waals surface area contributed by atoms with Crippen LogP contribution in [-0.4, -0.2) is 11.5 Å². The lowest BCUT2D eigenvalue weighted by molar-refractivity contribution is -0.384. The molecule has 0 radical (unpaired) electrons. The fraction of sp³-hybridized carbons (Fsp3) is 0.462. The summed E-state index contributed by atoms with van der Waals surface area (Å²) in [7, 11) is 0. The van der Waals surface area contributed by atoms with Gasteiger partial charge in [0.2, 0.25) is 0 Å². The number of hydrogen-bond donors (Lipinski definition) is 1. The maximum atomic E-state index is 10.6. The first kappa shape index (κ1) is 12.4. The number of rotatable bonds is 4. The van der Waals surface area contributed by atoms with E-state index >= 15 is 0 Å². The molecule has 0 aliphatic heterocycles. The maximum Gasteiger partial charge on any atom is 0.270 e. The zero-order valence-electron chi connectivity index (χ0n) is 10.3. The van der Waals surface area contributed by atoms with Crippen LogP contribution in [-0.2, 0) is 0 Å². The van der Waals surface area contributed by atoms with Crippen LogP contribution in [0.15, 0.2) is 18.2 Å². The zero-order chi connectivity index (χ0) is 13.2. The smallest absolute Gasteiger partial charge is 0.270 e. The van der Waals surface area contributed by atoms with E-state index < -0.39 is 4.92 Å². The summed E-state index contributed by atoms with van der Waals surface area (Å²) in [6.07, 6.45) is 3.63. The largest absolute Gasteiger partial charge is 0.383 e. The van der Waals surface area contributed by atoms with Crippen molar-refractivity contribution < 1.29 is 4.92 Å². The molecule has 1 aromatic rings. The van der Waals surface area contributed by atoms with Crippen molar-refractivity contribution >= 4 is 11.4 Å². The monoisotopic (exact) mass is 245 g/mol. The number of non-ortho nitro benzene ring substituents is 1. The predicted octanol–water partition coefficient (Wildman–Crippen LogP) is 3.07. The highest BCUT2D eigenvalue weighted by Crippen LogP contribution is 2.40. The average Bonchev–Trinajstić information content (AvgIpc) is 2.33. The third-order valence-electron chi connectivity index (χ3n) is 3.60. The highest BCUT2D eigenvalue weighted by molar-refractivity contribution is 5.61. The molecule has 5 heteroatoms. The van der Waals surface area contributed by atoms with E-state index in [0.717, 1.165) is 6.54 Å². The van der Waals surface area contributed by atoms with Gasteiger partial charge in [0.25, 0.3) is 5.69 Å². The standard InChI is InChI=1S/C13H15N3O2/c1-13(5-2-6-13)9-15-12-4-3-11(16(17)18)7-10(12)8-14/h3-4,7,15H,2,5-6,9H2,1H3. The van der Waals surface area contributed by atoms with Crippen LogP contribution >= 0.6 is 0 Å². The van der Waals surface area contributed by atoms with Crippen molar-refractivity contribution in [2.45, 2.75) is 26.2 Å². The van der Waals surface area contributed by atoms with Crippen LogP contribution in [0.5, 0.6) is 0 Å². The van der Waals surface area contributed by atoms with Crippen LogP contribution in [0.3, 0.4) is 0 Å². The lowest BCUT2D eigenvalue weighted by Crippen LogP contribution is -2.33. The summed E-state index contributed by atoms with van der Waals surface area (Å²) in [6.45, 7) is 3.01. The molecule has 0 atom stereocenters. The second-order valence-electron chi connectivity index (χ2n) is 5.12. The molecular weight excluding hydrogens is 230 g/mol. The second-order valence-corrected chi connectivity index (χ2v) is 5.12. The molecule has 1 aliphatic rings. The molecule has 2 rings (SSSR count). The highest BCUT2D eigenvalue weighted by atomic mass is 16.6. The molecule has 5 nitrogen and oxygen atoms in total. The first-order valence-corrected chi connectivity index (χ1v) is 5.96. The molecule has 18 heavy (non-hydrogen) atoms. The number of nitro benzene ring substituents is 1. The Kier molecular flexibility index (Phi) is 3.19. The summed E-state index contributed by atoms with van der Waals surface area (Å²) in [5.41, 5.74) is 1.25. The minimum Gasteiger partial charge on any atom is -0.383 e. The summed E-state index contributed by atoms with van der Waals surface area (Å²) in [4.78, 5) is 10.1. The van der Waals surface area contributed by atoms with E-state index in [4.69, 9.17) is 5.26 Å². The van der Waals surface area contributed by atoms with Gasteiger partial charge in [-0.25, -0.2) is 0 Å². The third kappa shape index (κ3) is 2.43.